The van der Waals surface area contributed by atoms with Crippen LogP contribution in [0.25, 0.3) is 0 Å². The van der Waals surface area contributed by atoms with Crippen molar-refractivity contribution in [2.75, 3.05) is 5.32 Å². The number of benzene rings is 2. The van der Waals surface area contributed by atoms with Crippen LogP contribution in [0.4, 0.5) is 32.0 Å². The highest BCUT2D eigenvalue weighted by atomic mass is 19.4. The summed E-state index contributed by atoms with van der Waals surface area (Å²) in [6.07, 6.45) is -10.0. The zero-order valence-corrected chi connectivity index (χ0v) is 12.3. The van der Waals surface area contributed by atoms with Crippen molar-refractivity contribution in [3.05, 3.63) is 65.2 Å². The van der Waals surface area contributed by atoms with Crippen LogP contribution in [0.5, 0.6) is 0 Å². The van der Waals surface area contributed by atoms with Crippen LogP contribution < -0.4 is 5.32 Å². The Kier molecular flexibility index (Phi) is 4.96. The molecule has 2 aromatic rings. The van der Waals surface area contributed by atoms with Crippen LogP contribution in [0.3, 0.4) is 0 Å². The number of carboxylic acid groups (broad SMARTS) is 1. The monoisotopic (exact) mass is 363 g/mol. The molecule has 1 unspecified atom stereocenters. The highest BCUT2D eigenvalue weighted by Gasteiger charge is 2.37. The van der Waals surface area contributed by atoms with Gasteiger partial charge in [0.05, 0.1) is 11.1 Å². The Morgan fingerprint density at radius 3 is 1.76 bits per heavy atom. The van der Waals surface area contributed by atoms with Crippen LogP contribution in [0.1, 0.15) is 22.7 Å². The molecule has 2 rings (SSSR count). The Morgan fingerprint density at radius 1 is 0.880 bits per heavy atom. The van der Waals surface area contributed by atoms with Crippen LogP contribution in [0.2, 0.25) is 0 Å². The van der Waals surface area contributed by atoms with Crippen LogP contribution in [0, 0.1) is 0 Å². The topological polar surface area (TPSA) is 49.3 Å². The fourth-order valence-corrected chi connectivity index (χ4v) is 2.14. The Labute approximate surface area is 137 Å². The quantitative estimate of drug-likeness (QED) is 0.755. The van der Waals surface area contributed by atoms with Gasteiger partial charge in [0, 0.05) is 5.69 Å². The number of halogens is 6. The first-order chi connectivity index (χ1) is 11.5. The predicted octanol–water partition coefficient (Wildman–Crippen LogP) is 4.96. The molecule has 0 bridgehead atoms. The second-order valence-corrected chi connectivity index (χ2v) is 5.12. The van der Waals surface area contributed by atoms with Crippen molar-refractivity contribution < 1.29 is 36.2 Å². The first kappa shape index (κ1) is 18.6. The van der Waals surface area contributed by atoms with Crippen LogP contribution in [-0.4, -0.2) is 11.1 Å². The highest BCUT2D eigenvalue weighted by Crippen LogP contribution is 2.38. The summed E-state index contributed by atoms with van der Waals surface area (Å²) >= 11 is 0. The van der Waals surface area contributed by atoms with Crippen molar-refractivity contribution in [3.63, 3.8) is 0 Å². The van der Waals surface area contributed by atoms with Crippen molar-refractivity contribution in [2.24, 2.45) is 0 Å². The molecule has 0 fully saturated rings. The van der Waals surface area contributed by atoms with Gasteiger partial charge in [-0.15, -0.1) is 0 Å². The molecule has 0 saturated carbocycles. The lowest BCUT2D eigenvalue weighted by Crippen LogP contribution is -2.21. The molecule has 3 nitrogen and oxygen atoms in total. The molecule has 0 aromatic heterocycles. The largest absolute Gasteiger partial charge is 0.479 e. The lowest BCUT2D eigenvalue weighted by molar-refractivity contribution is -0.143. The summed E-state index contributed by atoms with van der Waals surface area (Å²) in [5, 5.41) is 11.5. The summed E-state index contributed by atoms with van der Waals surface area (Å²) in [4.78, 5) is 11.4. The number of carboxylic acids is 1. The lowest BCUT2D eigenvalue weighted by atomic mass is 10.0. The summed E-state index contributed by atoms with van der Waals surface area (Å²) in [5.41, 5.74) is -3.47. The maximum absolute atomic E-state index is 12.8. The predicted molar refractivity (Wildman–Crippen MR) is 76.9 cm³/mol. The summed E-state index contributed by atoms with van der Waals surface area (Å²) in [6, 6.07) is 6.72. The van der Waals surface area contributed by atoms with Gasteiger partial charge >= 0.3 is 18.3 Å². The van der Waals surface area contributed by atoms with Crippen molar-refractivity contribution >= 4 is 11.7 Å². The van der Waals surface area contributed by atoms with Crippen LogP contribution in [-0.2, 0) is 17.1 Å². The molecule has 0 saturated heterocycles. The zero-order valence-electron chi connectivity index (χ0n) is 12.3. The molecule has 25 heavy (non-hydrogen) atoms. The van der Waals surface area contributed by atoms with E-state index < -0.39 is 41.2 Å². The van der Waals surface area contributed by atoms with Gasteiger partial charge in [-0.3, -0.25) is 0 Å². The maximum atomic E-state index is 12.8. The Bertz CT molecular complexity index is 723. The Balaban J connectivity index is 2.48. The van der Waals surface area contributed by atoms with E-state index in [-0.39, 0.29) is 11.6 Å². The first-order valence-corrected chi connectivity index (χ1v) is 6.82. The number of nitrogens with one attached hydrogen (secondary N) is 1. The van der Waals surface area contributed by atoms with E-state index in [9.17, 15) is 36.2 Å². The van der Waals surface area contributed by atoms with E-state index in [0.717, 1.165) is 0 Å². The highest BCUT2D eigenvalue weighted by molar-refractivity contribution is 5.79. The summed E-state index contributed by atoms with van der Waals surface area (Å²) < 4.78 is 77.1. The third kappa shape index (κ3) is 4.65. The van der Waals surface area contributed by atoms with Crippen molar-refractivity contribution in [1.82, 2.24) is 0 Å². The molecule has 0 heterocycles. The zero-order chi connectivity index (χ0) is 18.8. The van der Waals surface area contributed by atoms with E-state index in [0.29, 0.717) is 12.1 Å². The molecule has 0 aliphatic rings. The number of anilines is 1. The molecule has 0 aliphatic heterocycles. The fraction of sp³-hybridized carbons (Fsp3) is 0.188. The molecule has 0 spiro atoms. The van der Waals surface area contributed by atoms with Gasteiger partial charge in [-0.05, 0) is 23.8 Å². The minimum atomic E-state index is -5.01. The average Bonchev–Trinajstić information content (AvgIpc) is 2.51. The SMILES string of the molecule is O=C(O)C(Nc1cc(C(F)(F)F)cc(C(F)(F)F)c1)c1ccccc1. The molecular weight excluding hydrogens is 352 g/mol. The average molecular weight is 363 g/mol. The standard InChI is InChI=1S/C16H11F6NO2/c17-15(18,19)10-6-11(16(20,21)22)8-12(7-10)23-13(14(24)25)9-4-2-1-3-5-9/h1-8,13,23H,(H,24,25). The van der Waals surface area contributed by atoms with E-state index in [1.54, 1.807) is 6.07 Å². The van der Waals surface area contributed by atoms with Gasteiger partial charge in [0.2, 0.25) is 0 Å². The van der Waals surface area contributed by atoms with Gasteiger partial charge in [-0.2, -0.15) is 26.3 Å². The summed E-state index contributed by atoms with van der Waals surface area (Å²) in [7, 11) is 0. The Morgan fingerprint density at radius 2 is 1.36 bits per heavy atom. The number of hydrogen-bond acceptors (Lipinski definition) is 2. The summed E-state index contributed by atoms with van der Waals surface area (Å²) in [6.45, 7) is 0. The van der Waals surface area contributed by atoms with Gasteiger partial charge in [-0.1, -0.05) is 30.3 Å². The minimum absolute atomic E-state index is 0.0243. The normalized spacial score (nSPS) is 13.4. The van der Waals surface area contributed by atoms with Gasteiger partial charge in [-0.25, -0.2) is 4.79 Å². The van der Waals surface area contributed by atoms with E-state index in [4.69, 9.17) is 0 Å². The van der Waals surface area contributed by atoms with Crippen molar-refractivity contribution in [3.8, 4) is 0 Å². The van der Waals surface area contributed by atoms with E-state index >= 15 is 0 Å². The molecule has 1 atom stereocenters. The van der Waals surface area contributed by atoms with Gasteiger partial charge in [0.1, 0.15) is 0 Å². The van der Waals surface area contributed by atoms with E-state index in [2.05, 4.69) is 5.32 Å². The number of hydrogen-bond donors (Lipinski definition) is 2. The number of alkyl halides is 6. The van der Waals surface area contributed by atoms with E-state index in [1.807, 2.05) is 0 Å². The Hall–Kier alpha value is -2.71. The molecule has 2 N–H and O–H groups in total. The maximum Gasteiger partial charge on any atom is 0.416 e. The third-order valence-electron chi connectivity index (χ3n) is 3.28. The first-order valence-electron chi connectivity index (χ1n) is 6.82. The minimum Gasteiger partial charge on any atom is -0.479 e. The van der Waals surface area contributed by atoms with Gasteiger partial charge in [0.25, 0.3) is 0 Å². The molecule has 0 radical (unpaired) electrons. The smallest absolute Gasteiger partial charge is 0.416 e. The molecular formula is C16H11F6NO2. The van der Waals surface area contributed by atoms with Gasteiger partial charge in [0.15, 0.2) is 6.04 Å². The fourth-order valence-electron chi connectivity index (χ4n) is 2.14. The van der Waals surface area contributed by atoms with E-state index in [1.165, 1.54) is 24.3 Å². The third-order valence-corrected chi connectivity index (χ3v) is 3.28. The number of rotatable bonds is 4. The molecule has 9 heteroatoms. The summed E-state index contributed by atoms with van der Waals surface area (Å²) in [5.74, 6) is -1.45. The molecule has 0 aliphatic carbocycles. The molecule has 0 amide bonds. The van der Waals surface area contributed by atoms with Crippen LogP contribution >= 0.6 is 0 Å². The lowest BCUT2D eigenvalue weighted by Gasteiger charge is -2.19. The second-order valence-electron chi connectivity index (χ2n) is 5.12. The van der Waals surface area contributed by atoms with Crippen LogP contribution in [0.15, 0.2) is 48.5 Å². The molecule has 2 aromatic carbocycles. The van der Waals surface area contributed by atoms with Crippen molar-refractivity contribution in [1.29, 1.82) is 0 Å². The molecule has 134 valence electrons. The number of aliphatic carboxylic acids is 1. The second kappa shape index (κ2) is 6.66. The van der Waals surface area contributed by atoms with Gasteiger partial charge < -0.3 is 10.4 Å². The van der Waals surface area contributed by atoms with Crippen molar-refractivity contribution in [2.45, 2.75) is 18.4 Å². The number of carbonyl (C=O) groups is 1.